The second-order valence-electron chi connectivity index (χ2n) is 6.25. The van der Waals surface area contributed by atoms with E-state index in [0.29, 0.717) is 0 Å². The Morgan fingerprint density at radius 2 is 2.12 bits per heavy atom. The van der Waals surface area contributed by atoms with Crippen LogP contribution in [0.15, 0.2) is 22.7 Å². The molecule has 1 saturated heterocycles. The summed E-state index contributed by atoms with van der Waals surface area (Å²) < 4.78 is 11.4. The molecule has 0 aliphatic carbocycles. The zero-order valence-electron chi connectivity index (χ0n) is 14.6. The normalized spacial score (nSPS) is 17.1. The summed E-state index contributed by atoms with van der Waals surface area (Å²) in [6, 6.07) is 4.37. The lowest BCUT2D eigenvalue weighted by atomic mass is 10.1. The maximum Gasteiger partial charge on any atom is 0.185 e. The maximum absolute atomic E-state index is 5.90. The first-order chi connectivity index (χ1) is 11.6. The van der Waals surface area contributed by atoms with E-state index in [2.05, 4.69) is 21.3 Å². The van der Waals surface area contributed by atoms with Crippen LogP contribution >= 0.6 is 11.3 Å². The summed E-state index contributed by atoms with van der Waals surface area (Å²) in [7, 11) is 4.04. The highest BCUT2D eigenvalue weighted by atomic mass is 32.1. The van der Waals surface area contributed by atoms with Gasteiger partial charge in [-0.05, 0) is 19.1 Å². The molecule has 6 nitrogen and oxygen atoms in total. The molecule has 1 N–H and O–H groups in total. The van der Waals surface area contributed by atoms with E-state index < -0.39 is 0 Å². The van der Waals surface area contributed by atoms with Gasteiger partial charge in [0.15, 0.2) is 5.13 Å². The number of furan rings is 1. The number of rotatable bonds is 7. The number of aromatic nitrogens is 1. The van der Waals surface area contributed by atoms with Crippen molar-refractivity contribution in [3.63, 3.8) is 0 Å². The molecule has 7 heteroatoms. The number of nitrogens with one attached hydrogen (secondary N) is 1. The Morgan fingerprint density at radius 1 is 1.33 bits per heavy atom. The van der Waals surface area contributed by atoms with Crippen molar-refractivity contribution in [3.8, 4) is 0 Å². The third-order valence-electron chi connectivity index (χ3n) is 4.14. The standard InChI is InChI=1S/C17H26N4O2S/c1-13-4-5-16(23-13)15(21-6-8-22-9-7-21)12-18-10-14-11-19-17(24-14)20(2)3/h4-5,11,15,18H,6-10,12H2,1-3H3. The average molecular weight is 350 g/mol. The second-order valence-corrected chi connectivity index (χ2v) is 7.34. The average Bonchev–Trinajstić information content (AvgIpc) is 3.22. The van der Waals surface area contributed by atoms with Crippen LogP contribution in [0.2, 0.25) is 0 Å². The molecule has 1 aliphatic rings. The van der Waals surface area contributed by atoms with Gasteiger partial charge in [-0.15, -0.1) is 11.3 Å². The number of ether oxygens (including phenoxy) is 1. The Kier molecular flexibility index (Phi) is 5.89. The molecule has 2 aromatic rings. The van der Waals surface area contributed by atoms with Crippen molar-refractivity contribution >= 4 is 16.5 Å². The first-order valence-electron chi connectivity index (χ1n) is 8.34. The van der Waals surface area contributed by atoms with Gasteiger partial charge in [-0.3, -0.25) is 4.90 Å². The molecule has 1 fully saturated rings. The topological polar surface area (TPSA) is 53.8 Å². The smallest absolute Gasteiger partial charge is 0.185 e. The lowest BCUT2D eigenvalue weighted by molar-refractivity contribution is 0.0115. The van der Waals surface area contributed by atoms with Crippen LogP contribution in [0.4, 0.5) is 5.13 Å². The number of morpholine rings is 1. The van der Waals surface area contributed by atoms with Crippen molar-refractivity contribution < 1.29 is 9.15 Å². The van der Waals surface area contributed by atoms with Gasteiger partial charge in [-0.1, -0.05) is 0 Å². The molecule has 0 saturated carbocycles. The summed E-state index contributed by atoms with van der Waals surface area (Å²) in [6.07, 6.45) is 1.95. The van der Waals surface area contributed by atoms with Crippen LogP contribution in [0.5, 0.6) is 0 Å². The fourth-order valence-electron chi connectivity index (χ4n) is 2.85. The minimum Gasteiger partial charge on any atom is -0.465 e. The maximum atomic E-state index is 5.90. The molecule has 1 aliphatic heterocycles. The molecule has 1 unspecified atom stereocenters. The quantitative estimate of drug-likeness (QED) is 0.827. The molecule has 2 aromatic heterocycles. The molecule has 132 valence electrons. The van der Waals surface area contributed by atoms with Crippen LogP contribution in [-0.4, -0.2) is 56.8 Å². The third-order valence-corrected chi connectivity index (χ3v) is 5.30. The van der Waals surface area contributed by atoms with E-state index >= 15 is 0 Å². The van der Waals surface area contributed by atoms with Crippen molar-refractivity contribution in [1.29, 1.82) is 0 Å². The number of nitrogens with zero attached hydrogens (tertiary/aromatic N) is 3. The summed E-state index contributed by atoms with van der Waals surface area (Å²) in [6.45, 7) is 7.13. The van der Waals surface area contributed by atoms with Gasteiger partial charge in [-0.25, -0.2) is 4.98 Å². The molecule has 0 bridgehead atoms. The van der Waals surface area contributed by atoms with E-state index in [0.717, 1.165) is 56.0 Å². The predicted molar refractivity (Wildman–Crippen MR) is 96.7 cm³/mol. The van der Waals surface area contributed by atoms with Gasteiger partial charge >= 0.3 is 0 Å². The Labute approximate surface area is 147 Å². The molecule has 3 heterocycles. The monoisotopic (exact) mass is 350 g/mol. The third kappa shape index (κ3) is 4.36. The molecule has 3 rings (SSSR count). The highest BCUT2D eigenvalue weighted by Crippen LogP contribution is 2.24. The van der Waals surface area contributed by atoms with E-state index in [1.54, 1.807) is 11.3 Å². The molecule has 0 spiro atoms. The van der Waals surface area contributed by atoms with Crippen LogP contribution in [0, 0.1) is 6.92 Å². The minimum atomic E-state index is 0.240. The Morgan fingerprint density at radius 3 is 2.75 bits per heavy atom. The molecular weight excluding hydrogens is 324 g/mol. The summed E-state index contributed by atoms with van der Waals surface area (Å²) in [5.41, 5.74) is 0. The van der Waals surface area contributed by atoms with Crippen molar-refractivity contribution in [2.45, 2.75) is 19.5 Å². The number of aryl methyl sites for hydroxylation is 1. The van der Waals surface area contributed by atoms with Crippen LogP contribution in [0.1, 0.15) is 22.4 Å². The number of hydrogen-bond donors (Lipinski definition) is 1. The highest BCUT2D eigenvalue weighted by molar-refractivity contribution is 7.15. The molecule has 0 aromatic carbocycles. The Bertz CT molecular complexity index is 634. The predicted octanol–water partition coefficient (Wildman–Crippen LogP) is 2.27. The first-order valence-corrected chi connectivity index (χ1v) is 9.16. The van der Waals surface area contributed by atoms with Gasteiger partial charge in [0.05, 0.1) is 19.3 Å². The first kappa shape index (κ1) is 17.4. The number of thiazole rings is 1. The Balaban J connectivity index is 1.60. The molecule has 1 atom stereocenters. The largest absolute Gasteiger partial charge is 0.465 e. The van der Waals surface area contributed by atoms with Gasteiger partial charge in [0.1, 0.15) is 11.5 Å². The SMILES string of the molecule is Cc1ccc(C(CNCc2cnc(N(C)C)s2)N2CCOCC2)o1. The molecule has 0 amide bonds. The number of anilines is 1. The second kappa shape index (κ2) is 8.11. The zero-order valence-corrected chi connectivity index (χ0v) is 15.4. The minimum absolute atomic E-state index is 0.240. The van der Waals surface area contributed by atoms with E-state index in [9.17, 15) is 0 Å². The van der Waals surface area contributed by atoms with Crippen molar-refractivity contribution in [1.82, 2.24) is 15.2 Å². The Hall–Kier alpha value is -1.41. The van der Waals surface area contributed by atoms with Crippen molar-refractivity contribution in [2.24, 2.45) is 0 Å². The lowest BCUT2D eigenvalue weighted by Crippen LogP contribution is -2.42. The van der Waals surface area contributed by atoms with Crippen LogP contribution in [-0.2, 0) is 11.3 Å². The zero-order chi connectivity index (χ0) is 16.9. The van der Waals surface area contributed by atoms with Gasteiger partial charge in [0.25, 0.3) is 0 Å². The summed E-state index contributed by atoms with van der Waals surface area (Å²) in [5, 5.41) is 4.61. The van der Waals surface area contributed by atoms with Crippen LogP contribution < -0.4 is 10.2 Å². The van der Waals surface area contributed by atoms with Crippen LogP contribution in [0.25, 0.3) is 0 Å². The van der Waals surface area contributed by atoms with Gasteiger partial charge in [-0.2, -0.15) is 0 Å². The summed E-state index contributed by atoms with van der Waals surface area (Å²) in [5.74, 6) is 1.99. The fraction of sp³-hybridized carbons (Fsp3) is 0.588. The molecule has 0 radical (unpaired) electrons. The molecule has 24 heavy (non-hydrogen) atoms. The van der Waals surface area contributed by atoms with Gasteiger partial charge < -0.3 is 19.4 Å². The van der Waals surface area contributed by atoms with Gasteiger partial charge in [0.2, 0.25) is 0 Å². The van der Waals surface area contributed by atoms with E-state index in [1.807, 2.05) is 38.2 Å². The van der Waals surface area contributed by atoms with E-state index in [1.165, 1.54) is 4.88 Å². The van der Waals surface area contributed by atoms with E-state index in [-0.39, 0.29) is 6.04 Å². The van der Waals surface area contributed by atoms with Crippen molar-refractivity contribution in [3.05, 3.63) is 34.7 Å². The fourth-order valence-corrected chi connectivity index (χ4v) is 3.65. The van der Waals surface area contributed by atoms with E-state index in [4.69, 9.17) is 9.15 Å². The van der Waals surface area contributed by atoms with Crippen molar-refractivity contribution in [2.75, 3.05) is 51.8 Å². The summed E-state index contributed by atoms with van der Waals surface area (Å²) >= 11 is 1.72. The summed E-state index contributed by atoms with van der Waals surface area (Å²) in [4.78, 5) is 10.1. The number of hydrogen-bond acceptors (Lipinski definition) is 7. The van der Waals surface area contributed by atoms with Gasteiger partial charge in [0, 0.05) is 51.3 Å². The molecular formula is C17H26N4O2S. The lowest BCUT2D eigenvalue weighted by Gasteiger charge is -2.33. The highest BCUT2D eigenvalue weighted by Gasteiger charge is 2.24. The van der Waals surface area contributed by atoms with Crippen LogP contribution in [0.3, 0.4) is 0 Å².